The highest BCUT2D eigenvalue weighted by Gasteiger charge is 2.21. The van der Waals surface area contributed by atoms with Gasteiger partial charge in [0.1, 0.15) is 0 Å². The predicted octanol–water partition coefficient (Wildman–Crippen LogP) is 1.70. The number of rotatable bonds is 3. The van der Waals surface area contributed by atoms with Crippen LogP contribution in [-0.4, -0.2) is 37.0 Å². The first kappa shape index (κ1) is 12.4. The van der Waals surface area contributed by atoms with Gasteiger partial charge in [-0.15, -0.1) is 0 Å². The van der Waals surface area contributed by atoms with Crippen LogP contribution in [0.4, 0.5) is 0 Å². The number of benzene rings is 1. The first-order valence-corrected chi connectivity index (χ1v) is 6.24. The minimum atomic E-state index is 0.0541. The Hall–Kier alpha value is -1.06. The van der Waals surface area contributed by atoms with E-state index in [-0.39, 0.29) is 11.9 Å². The van der Waals surface area contributed by atoms with Gasteiger partial charge in [-0.2, -0.15) is 0 Å². The molecule has 92 valence electrons. The van der Waals surface area contributed by atoms with Gasteiger partial charge < -0.3 is 10.2 Å². The Kier molecular flexibility index (Phi) is 4.02. The molecule has 1 aromatic rings. The molecule has 1 saturated heterocycles. The molecule has 1 atom stereocenters. The van der Waals surface area contributed by atoms with Gasteiger partial charge >= 0.3 is 0 Å². The number of carbonyl (C=O) groups excluding carboxylic acids is 1. The molecule has 0 bridgehead atoms. The molecule has 1 heterocycles. The van der Waals surface area contributed by atoms with Gasteiger partial charge in [0, 0.05) is 17.6 Å². The number of hydrogen-bond donors (Lipinski definition) is 1. The van der Waals surface area contributed by atoms with E-state index < -0.39 is 0 Å². The van der Waals surface area contributed by atoms with E-state index in [4.69, 9.17) is 11.6 Å². The largest absolute Gasteiger partial charge is 0.352 e. The summed E-state index contributed by atoms with van der Waals surface area (Å²) in [6, 6.07) is 7.76. The molecule has 1 unspecified atom stereocenters. The number of nitrogens with zero attached hydrogens (tertiary/aromatic N) is 1. The highest BCUT2D eigenvalue weighted by molar-refractivity contribution is 6.31. The Bertz CT molecular complexity index is 408. The number of nitrogens with one attached hydrogen (secondary N) is 1. The van der Waals surface area contributed by atoms with E-state index in [2.05, 4.69) is 17.3 Å². The lowest BCUT2D eigenvalue weighted by Crippen LogP contribution is -2.37. The Balaban J connectivity index is 1.87. The van der Waals surface area contributed by atoms with E-state index in [0.29, 0.717) is 11.4 Å². The first-order chi connectivity index (χ1) is 8.15. The minimum Gasteiger partial charge on any atom is -0.352 e. The fourth-order valence-corrected chi connectivity index (χ4v) is 2.35. The number of hydrogen-bond acceptors (Lipinski definition) is 2. The van der Waals surface area contributed by atoms with Crippen LogP contribution < -0.4 is 5.32 Å². The molecule has 3 nitrogen and oxygen atoms in total. The average Bonchev–Trinajstić information content (AvgIpc) is 2.67. The summed E-state index contributed by atoms with van der Waals surface area (Å²) in [5, 5.41) is 3.70. The van der Waals surface area contributed by atoms with Gasteiger partial charge in [-0.25, -0.2) is 0 Å². The molecule has 1 amide bonds. The van der Waals surface area contributed by atoms with Gasteiger partial charge in [-0.05, 0) is 31.6 Å². The van der Waals surface area contributed by atoms with Crippen LogP contribution in [-0.2, 0) is 11.2 Å². The van der Waals surface area contributed by atoms with Gasteiger partial charge in [0.2, 0.25) is 5.91 Å². The first-order valence-electron chi connectivity index (χ1n) is 5.86. The number of likely N-dealkylation sites (tertiary alicyclic amines) is 1. The number of halogens is 1. The number of likely N-dealkylation sites (N-methyl/N-ethyl adjacent to an activating group) is 1. The minimum absolute atomic E-state index is 0.0541. The molecule has 1 fully saturated rings. The second-order valence-electron chi connectivity index (χ2n) is 4.58. The predicted molar refractivity (Wildman–Crippen MR) is 69.2 cm³/mol. The molecular formula is C13H17ClN2O. The van der Waals surface area contributed by atoms with Crippen molar-refractivity contribution in [3.63, 3.8) is 0 Å². The molecule has 0 spiro atoms. The van der Waals surface area contributed by atoms with Crippen molar-refractivity contribution in [3.8, 4) is 0 Å². The van der Waals surface area contributed by atoms with Gasteiger partial charge in [-0.1, -0.05) is 29.8 Å². The van der Waals surface area contributed by atoms with Crippen LogP contribution in [0.5, 0.6) is 0 Å². The second kappa shape index (κ2) is 5.52. The van der Waals surface area contributed by atoms with E-state index >= 15 is 0 Å². The summed E-state index contributed by atoms with van der Waals surface area (Å²) in [4.78, 5) is 14.1. The third kappa shape index (κ3) is 3.45. The topological polar surface area (TPSA) is 32.3 Å². The fraction of sp³-hybridized carbons (Fsp3) is 0.462. The normalized spacial score (nSPS) is 20.5. The van der Waals surface area contributed by atoms with Crippen molar-refractivity contribution >= 4 is 17.5 Å². The average molecular weight is 253 g/mol. The standard InChI is InChI=1S/C13H17ClN2O/c1-16-7-6-11(9-16)15-13(17)8-10-4-2-3-5-12(10)14/h2-5,11H,6-9H2,1H3,(H,15,17). The van der Waals surface area contributed by atoms with E-state index in [1.165, 1.54) is 0 Å². The van der Waals surface area contributed by atoms with Gasteiger partial charge in [0.15, 0.2) is 0 Å². The number of carbonyl (C=O) groups is 1. The van der Waals surface area contributed by atoms with E-state index in [1.54, 1.807) is 0 Å². The summed E-state index contributed by atoms with van der Waals surface area (Å²) in [6.45, 7) is 1.99. The van der Waals surface area contributed by atoms with Crippen LogP contribution in [0.1, 0.15) is 12.0 Å². The molecular weight excluding hydrogens is 236 g/mol. The molecule has 1 N–H and O–H groups in total. The van der Waals surface area contributed by atoms with Crippen molar-refractivity contribution in [2.24, 2.45) is 0 Å². The van der Waals surface area contributed by atoms with Crippen molar-refractivity contribution in [2.75, 3.05) is 20.1 Å². The molecule has 17 heavy (non-hydrogen) atoms. The quantitative estimate of drug-likeness (QED) is 0.888. The zero-order valence-electron chi connectivity index (χ0n) is 9.95. The Morgan fingerprint density at radius 3 is 2.94 bits per heavy atom. The number of amides is 1. The molecule has 1 aromatic carbocycles. The van der Waals surface area contributed by atoms with Gasteiger partial charge in [0.25, 0.3) is 0 Å². The summed E-state index contributed by atoms with van der Waals surface area (Å²) in [5.41, 5.74) is 0.887. The van der Waals surface area contributed by atoms with E-state index in [1.807, 2.05) is 24.3 Å². The third-order valence-electron chi connectivity index (χ3n) is 3.07. The molecule has 1 aliphatic heterocycles. The van der Waals surface area contributed by atoms with Crippen molar-refractivity contribution in [1.29, 1.82) is 0 Å². The molecule has 2 rings (SSSR count). The molecule has 1 aliphatic rings. The maximum Gasteiger partial charge on any atom is 0.224 e. The lowest BCUT2D eigenvalue weighted by atomic mass is 10.1. The summed E-state index contributed by atoms with van der Waals surface area (Å²) < 4.78 is 0. The van der Waals surface area contributed by atoms with Crippen molar-refractivity contribution in [3.05, 3.63) is 34.9 Å². The van der Waals surface area contributed by atoms with Crippen LogP contribution in [0.2, 0.25) is 5.02 Å². The van der Waals surface area contributed by atoms with Crippen LogP contribution >= 0.6 is 11.6 Å². The zero-order chi connectivity index (χ0) is 12.3. The zero-order valence-corrected chi connectivity index (χ0v) is 10.7. The molecule has 0 radical (unpaired) electrons. The Labute approximate surface area is 107 Å². The van der Waals surface area contributed by atoms with E-state index in [9.17, 15) is 4.79 Å². The highest BCUT2D eigenvalue weighted by Crippen LogP contribution is 2.15. The Morgan fingerprint density at radius 2 is 2.29 bits per heavy atom. The van der Waals surface area contributed by atoms with Crippen molar-refractivity contribution < 1.29 is 4.79 Å². The maximum absolute atomic E-state index is 11.8. The molecule has 0 saturated carbocycles. The molecule has 4 heteroatoms. The van der Waals surface area contributed by atoms with Gasteiger partial charge in [-0.3, -0.25) is 4.79 Å². The van der Waals surface area contributed by atoms with E-state index in [0.717, 1.165) is 25.1 Å². The van der Waals surface area contributed by atoms with Crippen LogP contribution in [0, 0.1) is 0 Å². The van der Waals surface area contributed by atoms with Crippen LogP contribution in [0.15, 0.2) is 24.3 Å². The second-order valence-corrected chi connectivity index (χ2v) is 4.99. The van der Waals surface area contributed by atoms with Crippen molar-refractivity contribution in [2.45, 2.75) is 18.9 Å². The third-order valence-corrected chi connectivity index (χ3v) is 3.43. The van der Waals surface area contributed by atoms with Gasteiger partial charge in [0.05, 0.1) is 6.42 Å². The summed E-state index contributed by atoms with van der Waals surface area (Å²) in [6.07, 6.45) is 1.39. The summed E-state index contributed by atoms with van der Waals surface area (Å²) >= 11 is 6.02. The summed E-state index contributed by atoms with van der Waals surface area (Å²) in [5.74, 6) is 0.0541. The molecule has 0 aromatic heterocycles. The molecule has 0 aliphatic carbocycles. The fourth-order valence-electron chi connectivity index (χ4n) is 2.15. The lowest BCUT2D eigenvalue weighted by Gasteiger charge is -2.13. The smallest absolute Gasteiger partial charge is 0.224 e. The van der Waals surface area contributed by atoms with Crippen molar-refractivity contribution in [1.82, 2.24) is 10.2 Å². The lowest BCUT2D eigenvalue weighted by molar-refractivity contribution is -0.121. The highest BCUT2D eigenvalue weighted by atomic mass is 35.5. The maximum atomic E-state index is 11.8. The van der Waals surface area contributed by atoms with Crippen LogP contribution in [0.25, 0.3) is 0 Å². The Morgan fingerprint density at radius 1 is 1.53 bits per heavy atom. The van der Waals surface area contributed by atoms with Crippen LogP contribution in [0.3, 0.4) is 0 Å². The SMILES string of the molecule is CN1CCC(NC(=O)Cc2ccccc2Cl)C1. The summed E-state index contributed by atoms with van der Waals surface area (Å²) in [7, 11) is 2.07. The monoisotopic (exact) mass is 252 g/mol.